The number of aryl methyl sites for hydroxylation is 1. The Morgan fingerprint density at radius 2 is 1.85 bits per heavy atom. The largest absolute Gasteiger partial charge is 0.490 e. The summed E-state index contributed by atoms with van der Waals surface area (Å²) in [5, 5.41) is 11.4. The van der Waals surface area contributed by atoms with Gasteiger partial charge < -0.3 is 9.47 Å². The van der Waals surface area contributed by atoms with Gasteiger partial charge in [-0.25, -0.2) is 8.42 Å². The van der Waals surface area contributed by atoms with Crippen molar-refractivity contribution in [3.63, 3.8) is 0 Å². The number of nitrogens with zero attached hydrogens (tertiary/aromatic N) is 3. The van der Waals surface area contributed by atoms with Gasteiger partial charge in [0.15, 0.2) is 0 Å². The molecule has 9 nitrogen and oxygen atoms in total. The van der Waals surface area contributed by atoms with Crippen molar-refractivity contribution in [2.45, 2.75) is 19.0 Å². The molecule has 0 saturated heterocycles. The molecule has 11 heteroatoms. The summed E-state index contributed by atoms with van der Waals surface area (Å²) in [4.78, 5) is 16.2. The van der Waals surface area contributed by atoms with Gasteiger partial charge in [0.05, 0.1) is 5.75 Å². The Morgan fingerprint density at radius 3 is 2.53 bits per heavy atom. The van der Waals surface area contributed by atoms with Gasteiger partial charge in [-0.15, -0.1) is 0 Å². The second-order valence-corrected chi connectivity index (χ2v) is 9.86. The van der Waals surface area contributed by atoms with Gasteiger partial charge in [0, 0.05) is 11.5 Å². The summed E-state index contributed by atoms with van der Waals surface area (Å²) in [6.45, 7) is 4.19. The van der Waals surface area contributed by atoms with Gasteiger partial charge in [-0.2, -0.15) is 14.6 Å². The van der Waals surface area contributed by atoms with E-state index < -0.39 is 15.7 Å². The molecule has 0 aliphatic heterocycles. The first-order valence-corrected chi connectivity index (χ1v) is 12.7. The zero-order valence-corrected chi connectivity index (χ0v) is 20.1. The fourth-order valence-electron chi connectivity index (χ4n) is 2.69. The molecular weight excluding hydrogens is 476 g/mol. The number of nitrogens with one attached hydrogen (secondary N) is 1. The molecule has 3 aromatic rings. The van der Waals surface area contributed by atoms with Crippen molar-refractivity contribution in [2.75, 3.05) is 24.3 Å². The maximum Gasteiger partial charge on any atom is 0.268 e. The summed E-state index contributed by atoms with van der Waals surface area (Å²) in [5.74, 6) is 0.560. The van der Waals surface area contributed by atoms with Crippen LogP contribution in [0.3, 0.4) is 0 Å². The lowest BCUT2D eigenvalue weighted by Crippen LogP contribution is -2.13. The first kappa shape index (κ1) is 24.9. The molecule has 0 saturated carbocycles. The molecule has 0 spiro atoms. The molecule has 2 aromatic carbocycles. The second kappa shape index (κ2) is 11.4. The normalized spacial score (nSPS) is 11.5. The number of hydrogen-bond acceptors (Lipinski definition) is 9. The highest BCUT2D eigenvalue weighted by atomic mass is 32.2. The van der Waals surface area contributed by atoms with Gasteiger partial charge in [0.25, 0.3) is 11.1 Å². The Labute approximate surface area is 201 Å². The highest BCUT2D eigenvalue weighted by Gasteiger charge is 2.20. The summed E-state index contributed by atoms with van der Waals surface area (Å²) in [7, 11) is -3.58. The molecule has 3 rings (SSSR count). The number of rotatable bonds is 10. The summed E-state index contributed by atoms with van der Waals surface area (Å²) in [6, 6.07) is 16.4. The van der Waals surface area contributed by atoms with Gasteiger partial charge in [-0.3, -0.25) is 10.1 Å². The van der Waals surface area contributed by atoms with Crippen LogP contribution in [0.4, 0.5) is 5.13 Å². The number of hydrogen-bond donors (Lipinski definition) is 1. The fourth-order valence-corrected chi connectivity index (χ4v) is 4.27. The lowest BCUT2D eigenvalue weighted by molar-refractivity contribution is -0.112. The summed E-state index contributed by atoms with van der Waals surface area (Å²) in [6.07, 6.45) is 1.41. The van der Waals surface area contributed by atoms with Gasteiger partial charge in [0.1, 0.15) is 36.4 Å². The van der Waals surface area contributed by atoms with Crippen LogP contribution in [0.1, 0.15) is 18.1 Å². The summed E-state index contributed by atoms with van der Waals surface area (Å²) >= 11 is 0.729. The number of benzene rings is 2. The number of amides is 1. The SMILES string of the molecule is CCS(=O)(=O)c1nsc(NC(=O)/C(C#N)=C\c2ccc(OCCOc3ccccc3C)cc2)n1. The Morgan fingerprint density at radius 1 is 1.15 bits per heavy atom. The Kier molecular flexibility index (Phi) is 8.34. The quantitative estimate of drug-likeness (QED) is 0.255. The van der Waals surface area contributed by atoms with Crippen LogP contribution in [0.5, 0.6) is 11.5 Å². The second-order valence-electron chi connectivity index (χ2n) is 6.94. The zero-order chi connectivity index (χ0) is 24.6. The van der Waals surface area contributed by atoms with E-state index in [9.17, 15) is 18.5 Å². The van der Waals surface area contributed by atoms with Crippen LogP contribution in [-0.2, 0) is 14.6 Å². The number of sulfone groups is 1. The number of anilines is 1. The number of nitriles is 1. The molecule has 0 aliphatic carbocycles. The zero-order valence-electron chi connectivity index (χ0n) is 18.5. The lowest BCUT2D eigenvalue weighted by Gasteiger charge is -2.10. The highest BCUT2D eigenvalue weighted by molar-refractivity contribution is 7.91. The van der Waals surface area contributed by atoms with E-state index in [0.29, 0.717) is 24.5 Å². The monoisotopic (exact) mass is 498 g/mol. The van der Waals surface area contributed by atoms with Gasteiger partial charge >= 0.3 is 0 Å². The van der Waals surface area contributed by atoms with Crippen LogP contribution in [-0.4, -0.2) is 42.6 Å². The van der Waals surface area contributed by atoms with Gasteiger partial charge in [-0.05, 0) is 42.3 Å². The van der Waals surface area contributed by atoms with Gasteiger partial charge in [-0.1, -0.05) is 37.3 Å². The number of carbonyl (C=O) groups excluding carboxylic acids is 1. The highest BCUT2D eigenvalue weighted by Crippen LogP contribution is 2.19. The van der Waals surface area contributed by atoms with Crippen LogP contribution >= 0.6 is 11.5 Å². The smallest absolute Gasteiger partial charge is 0.268 e. The first-order chi connectivity index (χ1) is 16.3. The molecule has 0 radical (unpaired) electrons. The van der Waals surface area contributed by atoms with E-state index in [1.54, 1.807) is 24.3 Å². The minimum absolute atomic E-state index is 0.00478. The van der Waals surface area contributed by atoms with E-state index in [4.69, 9.17) is 9.47 Å². The molecule has 1 N–H and O–H groups in total. The van der Waals surface area contributed by atoms with Gasteiger partial charge in [0.2, 0.25) is 15.0 Å². The van der Waals surface area contributed by atoms with E-state index in [0.717, 1.165) is 22.8 Å². The number of aromatic nitrogens is 2. The molecule has 34 heavy (non-hydrogen) atoms. The standard InChI is InChI=1S/C23H22N4O5S2/c1-3-34(29,30)23-26-22(33-27-23)25-21(28)18(15-24)14-17-8-10-19(11-9-17)31-12-13-32-20-7-5-4-6-16(20)2/h4-11,14H,3,12-13H2,1-2H3,(H,25,26,27,28)/b18-14-. The van der Waals surface area contributed by atoms with Crippen LogP contribution < -0.4 is 14.8 Å². The molecular formula is C23H22N4O5S2. The molecule has 1 amide bonds. The summed E-state index contributed by atoms with van der Waals surface area (Å²) in [5.41, 5.74) is 1.49. The molecule has 1 heterocycles. The van der Waals surface area contributed by atoms with E-state index in [2.05, 4.69) is 14.7 Å². The first-order valence-electron chi connectivity index (χ1n) is 10.2. The molecule has 0 atom stereocenters. The Hall–Kier alpha value is -3.75. The molecule has 0 fully saturated rings. The maximum absolute atomic E-state index is 12.4. The van der Waals surface area contributed by atoms with E-state index >= 15 is 0 Å². The van der Waals surface area contributed by atoms with Crippen molar-refractivity contribution in [2.24, 2.45) is 0 Å². The maximum atomic E-state index is 12.4. The molecule has 176 valence electrons. The Balaban J connectivity index is 1.56. The average Bonchev–Trinajstić information content (AvgIpc) is 3.31. The van der Waals surface area contributed by atoms with Crippen molar-refractivity contribution < 1.29 is 22.7 Å². The molecule has 0 bridgehead atoms. The molecule has 0 unspecified atom stereocenters. The van der Waals surface area contributed by atoms with Crippen molar-refractivity contribution in [1.29, 1.82) is 5.26 Å². The third kappa shape index (κ3) is 6.63. The van der Waals surface area contributed by atoms with E-state index in [1.807, 2.05) is 37.3 Å². The van der Waals surface area contributed by atoms with E-state index in [-0.39, 0.29) is 21.6 Å². The number of ether oxygens (including phenoxy) is 2. The fraction of sp³-hybridized carbons (Fsp3) is 0.217. The summed E-state index contributed by atoms with van der Waals surface area (Å²) < 4.78 is 38.7. The van der Waals surface area contributed by atoms with E-state index in [1.165, 1.54) is 13.0 Å². The number of carbonyl (C=O) groups is 1. The number of para-hydroxylation sites is 1. The predicted octanol–water partition coefficient (Wildman–Crippen LogP) is 3.64. The van der Waals surface area contributed by atoms with Crippen molar-refractivity contribution in [3.8, 4) is 17.6 Å². The minimum atomic E-state index is -3.58. The van der Waals surface area contributed by atoms with Crippen LogP contribution in [0.2, 0.25) is 0 Å². The topological polar surface area (TPSA) is 131 Å². The van der Waals surface area contributed by atoms with Crippen LogP contribution in [0.15, 0.2) is 59.3 Å². The predicted molar refractivity (Wildman–Crippen MR) is 128 cm³/mol. The Bertz CT molecular complexity index is 1330. The van der Waals surface area contributed by atoms with Crippen molar-refractivity contribution in [1.82, 2.24) is 9.36 Å². The van der Waals surface area contributed by atoms with Crippen molar-refractivity contribution in [3.05, 3.63) is 65.2 Å². The van der Waals surface area contributed by atoms with Crippen molar-refractivity contribution >= 4 is 38.5 Å². The lowest BCUT2D eigenvalue weighted by atomic mass is 10.1. The minimum Gasteiger partial charge on any atom is -0.490 e. The third-order valence-electron chi connectivity index (χ3n) is 4.55. The average molecular weight is 499 g/mol. The molecule has 0 aliphatic rings. The van der Waals surface area contributed by atoms with Crippen LogP contribution in [0.25, 0.3) is 6.08 Å². The third-order valence-corrected chi connectivity index (χ3v) is 6.79. The molecule has 1 aromatic heterocycles. The van der Waals surface area contributed by atoms with Crippen LogP contribution in [0, 0.1) is 18.3 Å².